The molecule has 1 aliphatic rings. The monoisotopic (exact) mass is 295 g/mol. The van der Waals surface area contributed by atoms with Crippen molar-refractivity contribution in [3.8, 4) is 0 Å². The van der Waals surface area contributed by atoms with Crippen LogP contribution in [0.25, 0.3) is 0 Å². The van der Waals surface area contributed by atoms with Gasteiger partial charge in [0.2, 0.25) is 0 Å². The van der Waals surface area contributed by atoms with Gasteiger partial charge in [0.05, 0.1) is 13.2 Å². The van der Waals surface area contributed by atoms with Crippen molar-refractivity contribution >= 4 is 11.7 Å². The third-order valence-corrected chi connectivity index (χ3v) is 3.36. The number of nitrogens with two attached hydrogens (primary N) is 1. The van der Waals surface area contributed by atoms with E-state index in [2.05, 4.69) is 10.1 Å². The summed E-state index contributed by atoms with van der Waals surface area (Å²) in [7, 11) is 0. The Hall–Kier alpha value is -2.09. The Bertz CT molecular complexity index is 590. The number of rotatable bonds is 2. The fourth-order valence-electron chi connectivity index (χ4n) is 2.23. The van der Waals surface area contributed by atoms with Crippen molar-refractivity contribution in [2.45, 2.75) is 32.4 Å². The van der Waals surface area contributed by atoms with E-state index in [4.69, 9.17) is 15.7 Å². The van der Waals surface area contributed by atoms with E-state index >= 15 is 0 Å². The highest BCUT2D eigenvalue weighted by molar-refractivity contribution is 5.85. The van der Waals surface area contributed by atoms with Gasteiger partial charge in [-0.1, -0.05) is 5.16 Å². The van der Waals surface area contributed by atoms with E-state index in [-0.39, 0.29) is 16.9 Å². The zero-order valence-corrected chi connectivity index (χ0v) is 12.5. The van der Waals surface area contributed by atoms with Gasteiger partial charge < -0.3 is 25.1 Å². The van der Waals surface area contributed by atoms with Gasteiger partial charge in [0, 0.05) is 24.5 Å². The second-order valence-electron chi connectivity index (χ2n) is 5.93. The molecule has 0 radical (unpaired) electrons. The number of amidine groups is 1. The summed E-state index contributed by atoms with van der Waals surface area (Å²) in [6.45, 7) is 7.11. The number of aromatic nitrogens is 2. The van der Waals surface area contributed by atoms with Crippen molar-refractivity contribution in [3.63, 3.8) is 0 Å². The van der Waals surface area contributed by atoms with Crippen molar-refractivity contribution in [1.82, 2.24) is 9.55 Å². The molecule has 1 atom stereocenters. The molecule has 2 rings (SSSR count). The van der Waals surface area contributed by atoms with Crippen LogP contribution >= 0.6 is 0 Å². The Labute approximate surface area is 122 Å². The van der Waals surface area contributed by atoms with Crippen molar-refractivity contribution in [2.75, 3.05) is 24.6 Å². The van der Waals surface area contributed by atoms with Crippen LogP contribution in [0, 0.1) is 0 Å². The number of hydrogen-bond donors (Lipinski definition) is 2. The molecule has 1 fully saturated rings. The molecule has 0 saturated carbocycles. The summed E-state index contributed by atoms with van der Waals surface area (Å²) < 4.78 is 7.07. The van der Waals surface area contributed by atoms with Gasteiger partial charge in [-0.2, -0.15) is 0 Å². The predicted octanol–water partition coefficient (Wildman–Crippen LogP) is -0.0501. The molecule has 0 aromatic carbocycles. The fourth-order valence-corrected chi connectivity index (χ4v) is 2.23. The maximum Gasteiger partial charge on any atom is 0.293 e. The van der Waals surface area contributed by atoms with Gasteiger partial charge in [0.1, 0.15) is 6.10 Å². The van der Waals surface area contributed by atoms with E-state index < -0.39 is 6.10 Å². The highest BCUT2D eigenvalue weighted by Gasteiger charge is 2.27. The molecule has 2 heterocycles. The van der Waals surface area contributed by atoms with E-state index in [0.717, 1.165) is 0 Å². The molecule has 8 nitrogen and oxygen atoms in total. The van der Waals surface area contributed by atoms with Crippen LogP contribution in [0.4, 0.5) is 5.82 Å². The lowest BCUT2D eigenvalue weighted by molar-refractivity contribution is 0.0802. The standard InChI is InChI=1S/C13H21N5O3/c1-13(2,3)18-5-4-15-11(12(18)19)17-6-7-21-9(8-17)10(14)16-20/h4-5,9,20H,6-8H2,1-3H3,(H2,14,16). The van der Waals surface area contributed by atoms with Crippen LogP contribution in [0.5, 0.6) is 0 Å². The summed E-state index contributed by atoms with van der Waals surface area (Å²) in [6.07, 6.45) is 2.73. The molecule has 0 bridgehead atoms. The summed E-state index contributed by atoms with van der Waals surface area (Å²) in [6, 6.07) is 0. The Morgan fingerprint density at radius 2 is 2.29 bits per heavy atom. The van der Waals surface area contributed by atoms with Crippen molar-refractivity contribution in [1.29, 1.82) is 0 Å². The number of nitrogens with zero attached hydrogens (tertiary/aromatic N) is 4. The van der Waals surface area contributed by atoms with E-state index in [1.165, 1.54) is 0 Å². The van der Waals surface area contributed by atoms with E-state index in [1.807, 2.05) is 20.8 Å². The molecule has 1 saturated heterocycles. The van der Waals surface area contributed by atoms with Gasteiger partial charge in [-0.3, -0.25) is 4.79 Å². The van der Waals surface area contributed by atoms with Crippen molar-refractivity contribution in [2.24, 2.45) is 10.9 Å². The second kappa shape index (κ2) is 5.72. The molecular weight excluding hydrogens is 274 g/mol. The van der Waals surface area contributed by atoms with E-state index in [9.17, 15) is 4.79 Å². The van der Waals surface area contributed by atoms with Crippen molar-refractivity contribution < 1.29 is 9.94 Å². The Morgan fingerprint density at radius 3 is 2.90 bits per heavy atom. The second-order valence-corrected chi connectivity index (χ2v) is 5.93. The SMILES string of the molecule is CC(C)(C)n1ccnc(N2CCOC(C(N)=NO)C2)c1=O. The minimum atomic E-state index is -0.548. The average Bonchev–Trinajstić information content (AvgIpc) is 2.45. The first kappa shape index (κ1) is 15.3. The van der Waals surface area contributed by atoms with Gasteiger partial charge in [0.25, 0.3) is 5.56 Å². The highest BCUT2D eigenvalue weighted by atomic mass is 16.5. The van der Waals surface area contributed by atoms with Crippen LogP contribution in [0.15, 0.2) is 22.3 Å². The molecule has 1 unspecified atom stereocenters. The van der Waals surface area contributed by atoms with Crippen LogP contribution < -0.4 is 16.2 Å². The molecule has 0 spiro atoms. The molecule has 1 aromatic heterocycles. The Balaban J connectivity index is 2.32. The smallest absolute Gasteiger partial charge is 0.293 e. The molecule has 116 valence electrons. The molecular formula is C13H21N5O3. The predicted molar refractivity (Wildman–Crippen MR) is 78.9 cm³/mol. The van der Waals surface area contributed by atoms with Crippen LogP contribution in [-0.4, -0.2) is 46.4 Å². The summed E-state index contributed by atoms with van der Waals surface area (Å²) in [4.78, 5) is 18.6. The molecule has 3 N–H and O–H groups in total. The lowest BCUT2D eigenvalue weighted by Crippen LogP contribution is -2.51. The topological polar surface area (TPSA) is 106 Å². The normalized spacial score (nSPS) is 20.6. The van der Waals surface area contributed by atoms with Crippen LogP contribution in [0.2, 0.25) is 0 Å². The maximum atomic E-state index is 12.6. The third-order valence-electron chi connectivity index (χ3n) is 3.36. The van der Waals surface area contributed by atoms with Gasteiger partial charge in [-0.05, 0) is 20.8 Å². The summed E-state index contributed by atoms with van der Waals surface area (Å²) >= 11 is 0. The van der Waals surface area contributed by atoms with Crippen LogP contribution in [0.3, 0.4) is 0 Å². The largest absolute Gasteiger partial charge is 0.409 e. The maximum absolute atomic E-state index is 12.6. The molecule has 0 aliphatic carbocycles. The summed E-state index contributed by atoms with van der Waals surface area (Å²) in [5, 5.41) is 11.7. The van der Waals surface area contributed by atoms with E-state index in [0.29, 0.717) is 25.5 Å². The zero-order valence-electron chi connectivity index (χ0n) is 12.5. The Kier molecular flexibility index (Phi) is 4.17. The number of ether oxygens (including phenoxy) is 1. The molecule has 1 aromatic rings. The van der Waals surface area contributed by atoms with Crippen molar-refractivity contribution in [3.05, 3.63) is 22.7 Å². The van der Waals surface area contributed by atoms with Crippen LogP contribution in [-0.2, 0) is 10.3 Å². The first-order chi connectivity index (χ1) is 9.84. The average molecular weight is 295 g/mol. The molecule has 0 amide bonds. The first-order valence-electron chi connectivity index (χ1n) is 6.76. The van der Waals surface area contributed by atoms with Gasteiger partial charge in [0.15, 0.2) is 11.7 Å². The summed E-state index contributed by atoms with van der Waals surface area (Å²) in [5.41, 5.74) is 5.08. The number of anilines is 1. The Morgan fingerprint density at radius 1 is 1.57 bits per heavy atom. The number of oxime groups is 1. The lowest BCUT2D eigenvalue weighted by Gasteiger charge is -2.33. The minimum absolute atomic E-state index is 0.00761. The highest BCUT2D eigenvalue weighted by Crippen LogP contribution is 2.15. The molecule has 21 heavy (non-hydrogen) atoms. The quantitative estimate of drug-likeness (QED) is 0.343. The lowest BCUT2D eigenvalue weighted by atomic mass is 10.1. The number of hydrogen-bond acceptors (Lipinski definition) is 6. The fraction of sp³-hybridized carbons (Fsp3) is 0.615. The van der Waals surface area contributed by atoms with Gasteiger partial charge in [-0.25, -0.2) is 4.98 Å². The van der Waals surface area contributed by atoms with Gasteiger partial charge >= 0.3 is 0 Å². The van der Waals surface area contributed by atoms with Gasteiger partial charge in [-0.15, -0.1) is 0 Å². The molecule has 8 heteroatoms. The third kappa shape index (κ3) is 3.15. The van der Waals surface area contributed by atoms with E-state index in [1.54, 1.807) is 21.9 Å². The molecule has 1 aliphatic heterocycles. The first-order valence-corrected chi connectivity index (χ1v) is 6.76. The minimum Gasteiger partial charge on any atom is -0.409 e. The zero-order chi connectivity index (χ0) is 15.6. The number of morpholine rings is 1. The summed E-state index contributed by atoms with van der Waals surface area (Å²) in [5.74, 6) is 0.346. The van der Waals surface area contributed by atoms with Crippen LogP contribution in [0.1, 0.15) is 20.8 Å².